The summed E-state index contributed by atoms with van der Waals surface area (Å²) in [6, 6.07) is 1.56. The molecule has 0 aromatic carbocycles. The van der Waals surface area contributed by atoms with Gasteiger partial charge in [-0.25, -0.2) is 9.78 Å². The lowest BCUT2D eigenvalue weighted by Crippen LogP contribution is -2.09. The van der Waals surface area contributed by atoms with Gasteiger partial charge in [0.1, 0.15) is 5.03 Å². The number of hydrogen-bond donors (Lipinski definition) is 1. The van der Waals surface area contributed by atoms with Gasteiger partial charge >= 0.3 is 5.97 Å². The standard InChI is InChI=1S/C11H16N2O3S/c1-3-16-11(14)8-4-5-13-10(9(8)12)17-7-6-15-2/h4-5H,3,6-7,12H2,1-2H3. The van der Waals surface area contributed by atoms with Crippen LogP contribution in [0.25, 0.3) is 0 Å². The first-order valence-electron chi connectivity index (χ1n) is 5.24. The Hall–Kier alpha value is -1.27. The van der Waals surface area contributed by atoms with Gasteiger partial charge < -0.3 is 15.2 Å². The zero-order valence-electron chi connectivity index (χ0n) is 9.93. The molecule has 5 nitrogen and oxygen atoms in total. The van der Waals surface area contributed by atoms with Crippen LogP contribution in [0.1, 0.15) is 17.3 Å². The first-order chi connectivity index (χ1) is 8.20. The topological polar surface area (TPSA) is 74.4 Å². The number of nitrogens with zero attached hydrogens (tertiary/aromatic N) is 1. The highest BCUT2D eigenvalue weighted by atomic mass is 32.2. The molecular weight excluding hydrogens is 240 g/mol. The quantitative estimate of drug-likeness (QED) is 0.473. The lowest BCUT2D eigenvalue weighted by Gasteiger charge is -2.08. The van der Waals surface area contributed by atoms with Gasteiger partial charge in [0.2, 0.25) is 0 Å². The van der Waals surface area contributed by atoms with Crippen molar-refractivity contribution in [1.29, 1.82) is 0 Å². The Morgan fingerprint density at radius 3 is 3.00 bits per heavy atom. The second-order valence-corrected chi connectivity index (χ2v) is 4.22. The highest BCUT2D eigenvalue weighted by molar-refractivity contribution is 7.99. The Labute approximate surface area is 105 Å². The molecule has 0 saturated heterocycles. The number of nitrogen functional groups attached to an aromatic ring is 1. The number of carbonyl (C=O) groups excluding carboxylic acids is 1. The lowest BCUT2D eigenvalue weighted by atomic mass is 10.2. The predicted molar refractivity (Wildman–Crippen MR) is 67.2 cm³/mol. The Bertz CT molecular complexity index is 385. The molecule has 1 rings (SSSR count). The van der Waals surface area contributed by atoms with Crippen molar-refractivity contribution < 1.29 is 14.3 Å². The molecule has 1 aromatic rings. The molecule has 0 aliphatic rings. The van der Waals surface area contributed by atoms with Gasteiger partial charge in [-0.15, -0.1) is 11.8 Å². The maximum absolute atomic E-state index is 11.6. The van der Waals surface area contributed by atoms with E-state index in [-0.39, 0.29) is 0 Å². The van der Waals surface area contributed by atoms with Crippen LogP contribution in [0.4, 0.5) is 5.69 Å². The number of rotatable bonds is 6. The lowest BCUT2D eigenvalue weighted by molar-refractivity contribution is 0.0527. The van der Waals surface area contributed by atoms with E-state index in [9.17, 15) is 4.79 Å². The van der Waals surface area contributed by atoms with Gasteiger partial charge in [-0.05, 0) is 13.0 Å². The van der Waals surface area contributed by atoms with Crippen molar-refractivity contribution in [1.82, 2.24) is 4.98 Å². The number of aromatic nitrogens is 1. The van der Waals surface area contributed by atoms with Crippen molar-refractivity contribution in [2.24, 2.45) is 0 Å². The minimum Gasteiger partial charge on any atom is -0.462 e. The first-order valence-corrected chi connectivity index (χ1v) is 6.22. The zero-order valence-corrected chi connectivity index (χ0v) is 10.8. The number of carbonyl (C=O) groups is 1. The molecule has 17 heavy (non-hydrogen) atoms. The molecule has 94 valence electrons. The molecule has 0 saturated carbocycles. The molecule has 0 bridgehead atoms. The van der Waals surface area contributed by atoms with Crippen molar-refractivity contribution >= 4 is 23.4 Å². The van der Waals surface area contributed by atoms with Gasteiger partial charge in [0, 0.05) is 19.1 Å². The van der Waals surface area contributed by atoms with Crippen LogP contribution in [0.2, 0.25) is 0 Å². The van der Waals surface area contributed by atoms with Crippen LogP contribution in [0.15, 0.2) is 17.3 Å². The summed E-state index contributed by atoms with van der Waals surface area (Å²) in [6.45, 7) is 2.69. The monoisotopic (exact) mass is 256 g/mol. The molecule has 0 fully saturated rings. The molecule has 0 atom stereocenters. The predicted octanol–water partition coefficient (Wildman–Crippen LogP) is 1.58. The largest absolute Gasteiger partial charge is 0.462 e. The number of ether oxygens (including phenoxy) is 2. The van der Waals surface area contributed by atoms with E-state index in [1.807, 2.05) is 0 Å². The molecule has 2 N–H and O–H groups in total. The van der Waals surface area contributed by atoms with Crippen LogP contribution in [0.5, 0.6) is 0 Å². The fourth-order valence-corrected chi connectivity index (χ4v) is 2.02. The number of hydrogen-bond acceptors (Lipinski definition) is 6. The fraction of sp³-hybridized carbons (Fsp3) is 0.455. The van der Waals surface area contributed by atoms with E-state index in [1.165, 1.54) is 11.8 Å². The summed E-state index contributed by atoms with van der Waals surface area (Å²) in [5, 5.41) is 0.632. The van der Waals surface area contributed by atoms with E-state index >= 15 is 0 Å². The third-order valence-electron chi connectivity index (χ3n) is 1.98. The molecule has 0 aliphatic carbocycles. The summed E-state index contributed by atoms with van der Waals surface area (Å²) in [4.78, 5) is 15.7. The van der Waals surface area contributed by atoms with Crippen molar-refractivity contribution in [2.75, 3.05) is 31.8 Å². The van der Waals surface area contributed by atoms with Crippen LogP contribution >= 0.6 is 11.8 Å². The minimum absolute atomic E-state index is 0.326. The number of thioether (sulfide) groups is 1. The molecule has 0 aliphatic heterocycles. The van der Waals surface area contributed by atoms with E-state index in [0.717, 1.165) is 5.75 Å². The highest BCUT2D eigenvalue weighted by Crippen LogP contribution is 2.25. The second-order valence-electron chi connectivity index (χ2n) is 3.14. The summed E-state index contributed by atoms with van der Waals surface area (Å²) >= 11 is 1.45. The summed E-state index contributed by atoms with van der Waals surface area (Å²) in [5.41, 5.74) is 6.60. The maximum atomic E-state index is 11.6. The van der Waals surface area contributed by atoms with Crippen LogP contribution < -0.4 is 5.73 Å². The van der Waals surface area contributed by atoms with Gasteiger partial charge in [0.15, 0.2) is 0 Å². The third kappa shape index (κ3) is 3.90. The molecule has 0 amide bonds. The number of pyridine rings is 1. The van der Waals surface area contributed by atoms with E-state index < -0.39 is 5.97 Å². The van der Waals surface area contributed by atoms with E-state index in [4.69, 9.17) is 15.2 Å². The Morgan fingerprint density at radius 2 is 2.35 bits per heavy atom. The van der Waals surface area contributed by atoms with E-state index in [2.05, 4.69) is 4.98 Å². The second kappa shape index (κ2) is 7.13. The SMILES string of the molecule is CCOC(=O)c1ccnc(SCCOC)c1N. The van der Waals surface area contributed by atoms with Gasteiger partial charge in [-0.1, -0.05) is 0 Å². The van der Waals surface area contributed by atoms with Gasteiger partial charge in [0.25, 0.3) is 0 Å². The minimum atomic E-state index is -0.416. The normalized spacial score (nSPS) is 10.2. The number of esters is 1. The Kier molecular flexibility index (Phi) is 5.79. The molecule has 1 aromatic heterocycles. The smallest absolute Gasteiger partial charge is 0.340 e. The van der Waals surface area contributed by atoms with Crippen molar-refractivity contribution in [3.8, 4) is 0 Å². The van der Waals surface area contributed by atoms with Crippen molar-refractivity contribution in [2.45, 2.75) is 11.9 Å². The summed E-state index contributed by atoms with van der Waals surface area (Å²) in [7, 11) is 1.63. The van der Waals surface area contributed by atoms with Gasteiger partial charge in [-0.2, -0.15) is 0 Å². The maximum Gasteiger partial charge on any atom is 0.340 e. The Balaban J connectivity index is 2.79. The molecule has 1 heterocycles. The number of anilines is 1. The molecule has 0 spiro atoms. The average molecular weight is 256 g/mol. The van der Waals surface area contributed by atoms with Crippen molar-refractivity contribution in [3.63, 3.8) is 0 Å². The number of methoxy groups -OCH3 is 1. The molecule has 6 heteroatoms. The van der Waals surface area contributed by atoms with Crippen LogP contribution in [0, 0.1) is 0 Å². The van der Waals surface area contributed by atoms with Gasteiger partial charge in [-0.3, -0.25) is 0 Å². The zero-order chi connectivity index (χ0) is 12.7. The fourth-order valence-electron chi connectivity index (χ4n) is 1.18. The Morgan fingerprint density at radius 1 is 1.59 bits per heavy atom. The van der Waals surface area contributed by atoms with E-state index in [0.29, 0.717) is 29.5 Å². The van der Waals surface area contributed by atoms with E-state index in [1.54, 1.807) is 26.3 Å². The molecular formula is C11H16N2O3S. The summed E-state index contributed by atoms with van der Waals surface area (Å²) < 4.78 is 9.85. The average Bonchev–Trinajstić information content (AvgIpc) is 2.32. The van der Waals surface area contributed by atoms with Gasteiger partial charge in [0.05, 0.1) is 24.5 Å². The van der Waals surface area contributed by atoms with Crippen LogP contribution in [-0.4, -0.2) is 37.0 Å². The highest BCUT2D eigenvalue weighted by Gasteiger charge is 2.14. The summed E-state index contributed by atoms with van der Waals surface area (Å²) in [6.07, 6.45) is 1.55. The van der Waals surface area contributed by atoms with Crippen molar-refractivity contribution in [3.05, 3.63) is 17.8 Å². The molecule has 0 radical (unpaired) electrons. The summed E-state index contributed by atoms with van der Waals surface area (Å²) in [5.74, 6) is 0.320. The van der Waals surface area contributed by atoms with Crippen LogP contribution in [-0.2, 0) is 9.47 Å². The molecule has 0 unspecified atom stereocenters. The third-order valence-corrected chi connectivity index (χ3v) is 2.94. The van der Waals surface area contributed by atoms with Crippen LogP contribution in [0.3, 0.4) is 0 Å². The number of nitrogens with two attached hydrogens (primary N) is 1. The first kappa shape index (κ1) is 13.8.